The van der Waals surface area contributed by atoms with E-state index in [0.717, 1.165) is 29.7 Å². The van der Waals surface area contributed by atoms with E-state index in [1.807, 2.05) is 18.2 Å². The van der Waals surface area contributed by atoms with Gasteiger partial charge < -0.3 is 4.90 Å². The summed E-state index contributed by atoms with van der Waals surface area (Å²) in [6, 6.07) is 21.5. The van der Waals surface area contributed by atoms with Crippen molar-refractivity contribution >= 4 is 11.3 Å². The minimum atomic E-state index is 0.369. The van der Waals surface area contributed by atoms with Crippen molar-refractivity contribution in [1.29, 1.82) is 5.26 Å². The molecule has 2 nitrogen and oxygen atoms in total. The maximum atomic E-state index is 8.95. The van der Waals surface area contributed by atoms with Crippen LogP contribution in [-0.2, 0) is 0 Å². The molecular formula is C20H20N2. The van der Waals surface area contributed by atoms with Crippen LogP contribution in [0.3, 0.4) is 0 Å². The fourth-order valence-corrected chi connectivity index (χ4v) is 3.15. The molecule has 1 aliphatic rings. The highest BCUT2D eigenvalue weighted by Gasteiger charge is 2.24. The van der Waals surface area contributed by atoms with Gasteiger partial charge in [0, 0.05) is 18.3 Å². The van der Waals surface area contributed by atoms with Crippen molar-refractivity contribution in [2.45, 2.75) is 25.3 Å². The summed E-state index contributed by atoms with van der Waals surface area (Å²) in [4.78, 5) is 2.36. The first-order valence-electron chi connectivity index (χ1n) is 7.78. The standard InChI is InChI=1S/C20H20N2/c1-16(17-6-3-2-4-7-17)18-9-11-20(12-10-18)22-15-5-8-19(22)13-14-21/h2-4,6-7,9-12,19H,1,5,8,13,15H2. The van der Waals surface area contributed by atoms with E-state index < -0.39 is 0 Å². The SMILES string of the molecule is C=C(c1ccccc1)c1ccc(N2CCCC2CC#N)cc1. The molecule has 1 atom stereocenters. The van der Waals surface area contributed by atoms with Crippen LogP contribution in [-0.4, -0.2) is 12.6 Å². The second kappa shape index (κ2) is 6.49. The predicted octanol–water partition coefficient (Wildman–Crippen LogP) is 4.63. The summed E-state index contributed by atoms with van der Waals surface area (Å²) < 4.78 is 0. The number of hydrogen-bond donors (Lipinski definition) is 0. The van der Waals surface area contributed by atoms with Gasteiger partial charge in [0.1, 0.15) is 0 Å². The van der Waals surface area contributed by atoms with Gasteiger partial charge in [0.25, 0.3) is 0 Å². The van der Waals surface area contributed by atoms with Gasteiger partial charge >= 0.3 is 0 Å². The van der Waals surface area contributed by atoms with E-state index in [1.54, 1.807) is 0 Å². The average molecular weight is 288 g/mol. The Bertz CT molecular complexity index is 680. The predicted molar refractivity (Wildman–Crippen MR) is 91.6 cm³/mol. The third-order valence-electron chi connectivity index (χ3n) is 4.37. The lowest BCUT2D eigenvalue weighted by molar-refractivity contribution is 0.683. The Morgan fingerprint density at radius 3 is 2.45 bits per heavy atom. The van der Waals surface area contributed by atoms with E-state index in [1.165, 1.54) is 12.1 Å². The van der Waals surface area contributed by atoms with Gasteiger partial charge in [0.05, 0.1) is 12.5 Å². The summed E-state index contributed by atoms with van der Waals surface area (Å²) in [7, 11) is 0. The van der Waals surface area contributed by atoms with Crippen molar-refractivity contribution in [3.8, 4) is 6.07 Å². The van der Waals surface area contributed by atoms with Gasteiger partial charge in [-0.1, -0.05) is 49.0 Å². The lowest BCUT2D eigenvalue weighted by Crippen LogP contribution is -2.28. The highest BCUT2D eigenvalue weighted by molar-refractivity contribution is 5.78. The van der Waals surface area contributed by atoms with E-state index >= 15 is 0 Å². The Morgan fingerprint density at radius 1 is 1.09 bits per heavy atom. The molecular weight excluding hydrogens is 268 g/mol. The van der Waals surface area contributed by atoms with Crippen molar-refractivity contribution in [2.75, 3.05) is 11.4 Å². The molecule has 1 fully saturated rings. The molecule has 0 N–H and O–H groups in total. The van der Waals surface area contributed by atoms with Gasteiger partial charge in [-0.2, -0.15) is 5.26 Å². The second-order valence-corrected chi connectivity index (χ2v) is 5.74. The molecule has 22 heavy (non-hydrogen) atoms. The van der Waals surface area contributed by atoms with Crippen LogP contribution in [0.4, 0.5) is 5.69 Å². The third-order valence-corrected chi connectivity index (χ3v) is 4.37. The van der Waals surface area contributed by atoms with Crippen LogP contribution in [0.5, 0.6) is 0 Å². The number of anilines is 1. The zero-order valence-electron chi connectivity index (χ0n) is 12.7. The molecule has 0 aliphatic carbocycles. The molecule has 0 saturated carbocycles. The maximum Gasteiger partial charge on any atom is 0.0643 e. The van der Waals surface area contributed by atoms with Gasteiger partial charge in [-0.3, -0.25) is 0 Å². The number of nitrogens with zero attached hydrogens (tertiary/aromatic N) is 2. The molecule has 1 unspecified atom stereocenters. The topological polar surface area (TPSA) is 27.0 Å². The van der Waals surface area contributed by atoms with Crippen molar-refractivity contribution in [1.82, 2.24) is 0 Å². The molecule has 0 radical (unpaired) electrons. The Kier molecular flexibility index (Phi) is 4.25. The fourth-order valence-electron chi connectivity index (χ4n) is 3.15. The van der Waals surface area contributed by atoms with Crippen LogP contribution in [0.15, 0.2) is 61.2 Å². The summed E-state index contributed by atoms with van der Waals surface area (Å²) in [6.45, 7) is 5.26. The highest BCUT2D eigenvalue weighted by Crippen LogP contribution is 2.29. The molecule has 3 rings (SSSR count). The molecule has 0 amide bonds. The number of benzene rings is 2. The van der Waals surface area contributed by atoms with Gasteiger partial charge in [-0.25, -0.2) is 0 Å². The van der Waals surface area contributed by atoms with E-state index in [2.05, 4.69) is 53.9 Å². The fraction of sp³-hybridized carbons (Fsp3) is 0.250. The van der Waals surface area contributed by atoms with E-state index in [0.29, 0.717) is 12.5 Å². The summed E-state index contributed by atoms with van der Waals surface area (Å²) in [6.07, 6.45) is 2.90. The first kappa shape index (κ1) is 14.4. The Morgan fingerprint density at radius 2 is 1.77 bits per heavy atom. The summed E-state index contributed by atoms with van der Waals surface area (Å²) >= 11 is 0. The number of rotatable bonds is 4. The van der Waals surface area contributed by atoms with Gasteiger partial charge in [0.2, 0.25) is 0 Å². The zero-order chi connectivity index (χ0) is 15.4. The Labute approximate surface area is 132 Å². The average Bonchev–Trinajstić information content (AvgIpc) is 3.04. The smallest absolute Gasteiger partial charge is 0.0643 e. The van der Waals surface area contributed by atoms with Crippen molar-refractivity contribution < 1.29 is 0 Å². The molecule has 110 valence electrons. The van der Waals surface area contributed by atoms with Crippen molar-refractivity contribution in [3.05, 3.63) is 72.3 Å². The molecule has 1 saturated heterocycles. The lowest BCUT2D eigenvalue weighted by atomic mass is 9.99. The van der Waals surface area contributed by atoms with Crippen LogP contribution in [0.1, 0.15) is 30.4 Å². The molecule has 1 heterocycles. The van der Waals surface area contributed by atoms with E-state index in [-0.39, 0.29) is 0 Å². The first-order valence-corrected chi connectivity index (χ1v) is 7.78. The van der Waals surface area contributed by atoms with Gasteiger partial charge in [0.15, 0.2) is 0 Å². The highest BCUT2D eigenvalue weighted by atomic mass is 15.2. The van der Waals surface area contributed by atoms with Gasteiger partial charge in [-0.05, 0) is 41.7 Å². The van der Waals surface area contributed by atoms with Crippen LogP contribution >= 0.6 is 0 Å². The maximum absolute atomic E-state index is 8.95. The van der Waals surface area contributed by atoms with Crippen molar-refractivity contribution in [3.63, 3.8) is 0 Å². The Balaban J connectivity index is 1.78. The number of hydrogen-bond acceptors (Lipinski definition) is 2. The third kappa shape index (κ3) is 2.89. The molecule has 0 aromatic heterocycles. The molecule has 0 bridgehead atoms. The lowest BCUT2D eigenvalue weighted by Gasteiger charge is -2.25. The van der Waals surface area contributed by atoms with Crippen LogP contribution in [0, 0.1) is 11.3 Å². The van der Waals surface area contributed by atoms with E-state index in [9.17, 15) is 0 Å². The normalized spacial score (nSPS) is 17.2. The van der Waals surface area contributed by atoms with Gasteiger partial charge in [-0.15, -0.1) is 0 Å². The van der Waals surface area contributed by atoms with E-state index in [4.69, 9.17) is 5.26 Å². The monoisotopic (exact) mass is 288 g/mol. The summed E-state index contributed by atoms with van der Waals surface area (Å²) in [5, 5.41) is 8.95. The number of nitriles is 1. The summed E-state index contributed by atoms with van der Waals surface area (Å²) in [5.74, 6) is 0. The second-order valence-electron chi connectivity index (χ2n) is 5.74. The van der Waals surface area contributed by atoms with Crippen molar-refractivity contribution in [2.24, 2.45) is 0 Å². The quantitative estimate of drug-likeness (QED) is 0.820. The van der Waals surface area contributed by atoms with Crippen LogP contribution in [0.25, 0.3) is 5.57 Å². The largest absolute Gasteiger partial charge is 0.368 e. The van der Waals surface area contributed by atoms with Crippen LogP contribution in [0.2, 0.25) is 0 Å². The first-order chi connectivity index (χ1) is 10.8. The molecule has 2 heteroatoms. The summed E-state index contributed by atoms with van der Waals surface area (Å²) in [5.41, 5.74) is 4.55. The minimum absolute atomic E-state index is 0.369. The van der Waals surface area contributed by atoms with Crippen LogP contribution < -0.4 is 4.90 Å². The molecule has 2 aromatic rings. The Hall–Kier alpha value is -2.53. The zero-order valence-corrected chi connectivity index (χ0v) is 12.7. The molecule has 1 aliphatic heterocycles. The molecule has 0 spiro atoms. The minimum Gasteiger partial charge on any atom is -0.368 e. The molecule has 2 aromatic carbocycles.